The number of unbranched alkanes of at least 4 members (excludes halogenated alkanes) is 5. The summed E-state index contributed by atoms with van der Waals surface area (Å²) in [5, 5.41) is 16.3. The molecule has 2 aliphatic heterocycles. The Morgan fingerprint density at radius 1 is 0.688 bits per heavy atom. The van der Waals surface area contributed by atoms with E-state index in [1.807, 2.05) is 0 Å². The monoisotopic (exact) mass is 452 g/mol. The Morgan fingerprint density at radius 2 is 1.38 bits per heavy atom. The number of nitrogens with zero attached hydrogens (tertiary/aromatic N) is 4. The van der Waals surface area contributed by atoms with Crippen LogP contribution in [0.2, 0.25) is 0 Å². The highest BCUT2D eigenvalue weighted by molar-refractivity contribution is 4.91. The summed E-state index contributed by atoms with van der Waals surface area (Å²) >= 11 is 0. The van der Waals surface area contributed by atoms with E-state index in [-0.39, 0.29) is 6.10 Å². The van der Waals surface area contributed by atoms with E-state index in [1.54, 1.807) is 0 Å². The van der Waals surface area contributed by atoms with E-state index in [1.165, 1.54) is 25.7 Å². The van der Waals surface area contributed by atoms with Crippen molar-refractivity contribution in [2.45, 2.75) is 107 Å². The van der Waals surface area contributed by atoms with Crippen molar-refractivity contribution in [3.8, 4) is 0 Å². The van der Waals surface area contributed by atoms with Crippen LogP contribution < -0.4 is 10.9 Å². The summed E-state index contributed by atoms with van der Waals surface area (Å²) in [6, 6.07) is 1.48. The van der Waals surface area contributed by atoms with E-state index in [4.69, 9.17) is 19.2 Å². The van der Waals surface area contributed by atoms with Crippen molar-refractivity contribution in [1.82, 2.24) is 10.9 Å². The van der Waals surface area contributed by atoms with Gasteiger partial charge in [0.1, 0.15) is 6.79 Å². The van der Waals surface area contributed by atoms with Crippen LogP contribution in [0, 0.1) is 5.92 Å². The number of nitrogens with one attached hydrogen (secondary N) is 2. The van der Waals surface area contributed by atoms with E-state index in [0.717, 1.165) is 58.0 Å². The Kier molecular flexibility index (Phi) is 9.94. The van der Waals surface area contributed by atoms with Crippen LogP contribution in [-0.4, -0.2) is 56.9 Å². The molecule has 0 aromatic carbocycles. The zero-order valence-electron chi connectivity index (χ0n) is 19.2. The molecule has 0 aromatic heterocycles. The Balaban J connectivity index is 0.864. The second kappa shape index (κ2) is 13.4. The highest BCUT2D eigenvalue weighted by atomic mass is 17.2. The molecule has 0 saturated heterocycles. The van der Waals surface area contributed by atoms with Crippen LogP contribution in [0.15, 0.2) is 20.7 Å². The van der Waals surface area contributed by atoms with Gasteiger partial charge in [-0.1, -0.05) is 36.1 Å². The van der Waals surface area contributed by atoms with Gasteiger partial charge in [-0.05, 0) is 57.3 Å². The van der Waals surface area contributed by atoms with Gasteiger partial charge in [-0.2, -0.15) is 10.2 Å². The lowest BCUT2D eigenvalue weighted by Gasteiger charge is -2.29. The summed E-state index contributed by atoms with van der Waals surface area (Å²) in [7, 11) is 0. The molecule has 2 N–H and O–H groups in total. The van der Waals surface area contributed by atoms with Gasteiger partial charge in [0, 0.05) is 6.61 Å². The van der Waals surface area contributed by atoms with Crippen LogP contribution in [0.4, 0.5) is 0 Å². The van der Waals surface area contributed by atoms with E-state index in [9.17, 15) is 0 Å². The minimum atomic E-state index is 0.268. The number of hydrogen-bond donors (Lipinski definition) is 2. The second-order valence-corrected chi connectivity index (χ2v) is 9.57. The predicted molar refractivity (Wildman–Crippen MR) is 118 cm³/mol. The molecule has 0 bridgehead atoms. The summed E-state index contributed by atoms with van der Waals surface area (Å²) < 4.78 is 11.5. The second-order valence-electron chi connectivity index (χ2n) is 9.57. The van der Waals surface area contributed by atoms with Gasteiger partial charge in [-0.3, -0.25) is 10.9 Å². The van der Waals surface area contributed by atoms with Crippen molar-refractivity contribution in [1.29, 1.82) is 0 Å². The van der Waals surface area contributed by atoms with Crippen LogP contribution in [0.1, 0.15) is 77.0 Å². The van der Waals surface area contributed by atoms with Crippen molar-refractivity contribution in [2.24, 2.45) is 26.6 Å². The SMILES string of the molecule is C(CCCCOOCC1CCC2N=NNC2C1)CCCOCOC1CCC2N=NNC2C1. The third-order valence-electron chi connectivity index (χ3n) is 7.09. The maximum Gasteiger partial charge on any atom is 0.147 e. The smallest absolute Gasteiger partial charge is 0.147 e. The molecule has 10 nitrogen and oxygen atoms in total. The maximum atomic E-state index is 5.86. The molecule has 32 heavy (non-hydrogen) atoms. The molecule has 6 atom stereocenters. The normalized spacial score (nSPS) is 33.0. The maximum absolute atomic E-state index is 5.86. The third-order valence-corrected chi connectivity index (χ3v) is 7.09. The molecule has 0 amide bonds. The van der Waals surface area contributed by atoms with Gasteiger partial charge in [-0.25, -0.2) is 9.78 Å². The van der Waals surface area contributed by atoms with Crippen molar-refractivity contribution in [3.63, 3.8) is 0 Å². The largest absolute Gasteiger partial charge is 0.355 e. The van der Waals surface area contributed by atoms with Gasteiger partial charge < -0.3 is 9.47 Å². The van der Waals surface area contributed by atoms with Gasteiger partial charge >= 0.3 is 0 Å². The molecular weight excluding hydrogens is 412 g/mol. The van der Waals surface area contributed by atoms with Crippen LogP contribution in [-0.2, 0) is 19.2 Å². The number of ether oxygens (including phenoxy) is 2. The summed E-state index contributed by atoms with van der Waals surface area (Å²) in [5.74, 6) is 0.547. The van der Waals surface area contributed by atoms with Gasteiger partial charge in [0.25, 0.3) is 0 Å². The van der Waals surface area contributed by atoms with Crippen LogP contribution in [0.25, 0.3) is 0 Å². The molecule has 2 fully saturated rings. The van der Waals surface area contributed by atoms with Gasteiger partial charge in [0.05, 0.1) is 43.5 Å². The fourth-order valence-corrected chi connectivity index (χ4v) is 5.06. The van der Waals surface area contributed by atoms with Crippen molar-refractivity contribution in [2.75, 3.05) is 26.6 Å². The lowest BCUT2D eigenvalue weighted by Crippen LogP contribution is -2.40. The highest BCUT2D eigenvalue weighted by Gasteiger charge is 2.34. The summed E-state index contributed by atoms with van der Waals surface area (Å²) in [6.07, 6.45) is 13.7. The molecule has 10 heteroatoms. The summed E-state index contributed by atoms with van der Waals surface area (Å²) in [4.78, 5) is 10.8. The van der Waals surface area contributed by atoms with E-state index >= 15 is 0 Å². The molecular formula is C22H40N6O4. The standard InChI is InChI=1S/C22H40N6O4/c1(3-5-11-29-16-30-18-8-10-20-22(14-18)26-28-24-20)2-4-6-12-31-32-15-17-7-9-19-21(13-17)25-27-23-19/h17-22H,1-16H2,(H,23,25)(H,24,26). The number of rotatable bonds is 15. The topological polar surface area (TPSA) is 110 Å². The zero-order chi connectivity index (χ0) is 21.8. The van der Waals surface area contributed by atoms with Crippen LogP contribution >= 0.6 is 0 Å². The minimum Gasteiger partial charge on any atom is -0.355 e. The van der Waals surface area contributed by atoms with E-state index in [2.05, 4.69) is 31.5 Å². The molecule has 0 spiro atoms. The Bertz CT molecular complexity index is 545. The van der Waals surface area contributed by atoms with E-state index in [0.29, 0.717) is 50.1 Å². The zero-order valence-corrected chi connectivity index (χ0v) is 19.2. The molecule has 2 saturated carbocycles. The summed E-state index contributed by atoms with van der Waals surface area (Å²) in [5.41, 5.74) is 6.17. The van der Waals surface area contributed by atoms with Gasteiger partial charge in [-0.15, -0.1) is 0 Å². The van der Waals surface area contributed by atoms with Gasteiger partial charge in [0.2, 0.25) is 0 Å². The lowest BCUT2D eigenvalue weighted by molar-refractivity contribution is -0.302. The lowest BCUT2D eigenvalue weighted by atomic mass is 9.84. The first kappa shape index (κ1) is 23.8. The van der Waals surface area contributed by atoms with Crippen LogP contribution in [0.5, 0.6) is 0 Å². The first-order valence-corrected chi connectivity index (χ1v) is 12.6. The number of fused-ring (bicyclic) bond motifs is 2. The van der Waals surface area contributed by atoms with E-state index < -0.39 is 0 Å². The molecule has 182 valence electrons. The molecule has 0 radical (unpaired) electrons. The summed E-state index contributed by atoms with van der Waals surface area (Å²) in [6.45, 7) is 2.54. The fraction of sp³-hybridized carbons (Fsp3) is 1.00. The Labute approximate surface area is 191 Å². The predicted octanol–water partition coefficient (Wildman–Crippen LogP) is 4.03. The van der Waals surface area contributed by atoms with Crippen molar-refractivity contribution < 1.29 is 19.2 Å². The molecule has 2 heterocycles. The fourth-order valence-electron chi connectivity index (χ4n) is 5.06. The van der Waals surface area contributed by atoms with Crippen molar-refractivity contribution >= 4 is 0 Å². The molecule has 4 rings (SSSR count). The average Bonchev–Trinajstić information content (AvgIpc) is 3.47. The van der Waals surface area contributed by atoms with Gasteiger partial charge in [0.15, 0.2) is 0 Å². The quantitative estimate of drug-likeness (QED) is 0.168. The molecule has 4 aliphatic rings. The molecule has 0 aromatic rings. The Hall–Kier alpha value is -1.36. The number of hydrogen-bond acceptors (Lipinski definition) is 10. The average molecular weight is 453 g/mol. The van der Waals surface area contributed by atoms with Crippen LogP contribution in [0.3, 0.4) is 0 Å². The minimum absolute atomic E-state index is 0.268. The molecule has 6 unspecified atom stereocenters. The first-order valence-electron chi connectivity index (χ1n) is 12.6. The highest BCUT2D eigenvalue weighted by Crippen LogP contribution is 2.29. The first-order chi connectivity index (χ1) is 15.9. The third kappa shape index (κ3) is 7.60. The Morgan fingerprint density at radius 3 is 2.19 bits per heavy atom. The van der Waals surface area contributed by atoms with Crippen molar-refractivity contribution in [3.05, 3.63) is 0 Å². The molecule has 2 aliphatic carbocycles.